The van der Waals surface area contributed by atoms with Gasteiger partial charge in [0.25, 0.3) is 0 Å². The molecule has 0 aromatic heterocycles. The summed E-state index contributed by atoms with van der Waals surface area (Å²) in [5, 5.41) is 0. The first-order valence-electron chi connectivity index (χ1n) is 5.54. The highest BCUT2D eigenvalue weighted by Crippen LogP contribution is 2.28. The molecule has 0 bridgehead atoms. The lowest BCUT2D eigenvalue weighted by molar-refractivity contribution is 0.627. The lowest BCUT2D eigenvalue weighted by Crippen LogP contribution is -2.08. The van der Waals surface area contributed by atoms with Crippen LogP contribution in [-0.2, 0) is 5.75 Å². The van der Waals surface area contributed by atoms with E-state index in [0.717, 1.165) is 16.9 Å². The van der Waals surface area contributed by atoms with E-state index in [1.165, 1.54) is 12.1 Å². The largest absolute Gasteiger partial charge is 0.320 e. The van der Waals surface area contributed by atoms with Gasteiger partial charge in [-0.05, 0) is 17.7 Å². The van der Waals surface area contributed by atoms with Gasteiger partial charge in [-0.1, -0.05) is 38.7 Å². The minimum atomic E-state index is -0.254. The second kappa shape index (κ2) is 6.09. The molecule has 0 fully saturated rings. The van der Waals surface area contributed by atoms with E-state index >= 15 is 0 Å². The van der Waals surface area contributed by atoms with Gasteiger partial charge >= 0.3 is 0 Å². The Kier molecular flexibility index (Phi) is 5.04. The third kappa shape index (κ3) is 5.25. The van der Waals surface area contributed by atoms with E-state index in [2.05, 4.69) is 32.6 Å². The Morgan fingerprint density at radius 1 is 1.35 bits per heavy atom. The van der Waals surface area contributed by atoms with Gasteiger partial charge in [0, 0.05) is 16.1 Å². The molecule has 0 saturated carbocycles. The van der Waals surface area contributed by atoms with Gasteiger partial charge in [-0.15, -0.1) is 0 Å². The maximum Gasteiger partial charge on any atom is 0.124 e. The molecule has 0 aliphatic heterocycles. The van der Waals surface area contributed by atoms with Gasteiger partial charge < -0.3 is 5.73 Å². The van der Waals surface area contributed by atoms with E-state index in [4.69, 9.17) is 5.73 Å². The molecule has 1 rings (SSSR count). The van der Waals surface area contributed by atoms with Crippen LogP contribution in [0.25, 0.3) is 0 Å². The van der Waals surface area contributed by atoms with Crippen LogP contribution in [0.4, 0.5) is 4.39 Å². The summed E-state index contributed by atoms with van der Waals surface area (Å²) in [7, 11) is 0. The molecule has 0 amide bonds. The van der Waals surface area contributed by atoms with Crippen molar-refractivity contribution in [3.8, 4) is 11.8 Å². The molecule has 2 N–H and O–H groups in total. The Morgan fingerprint density at radius 3 is 2.65 bits per heavy atom. The van der Waals surface area contributed by atoms with Crippen molar-refractivity contribution >= 4 is 11.8 Å². The quantitative estimate of drug-likeness (QED) is 0.817. The molecule has 0 atom stereocenters. The van der Waals surface area contributed by atoms with Crippen molar-refractivity contribution in [1.82, 2.24) is 0 Å². The van der Waals surface area contributed by atoms with E-state index in [1.54, 1.807) is 6.07 Å². The topological polar surface area (TPSA) is 26.0 Å². The number of rotatable bonds is 2. The van der Waals surface area contributed by atoms with Crippen LogP contribution in [0.2, 0.25) is 0 Å². The van der Waals surface area contributed by atoms with Crippen molar-refractivity contribution in [3.05, 3.63) is 35.1 Å². The highest BCUT2D eigenvalue weighted by molar-refractivity contribution is 7.99. The first kappa shape index (κ1) is 14.1. The standard InChI is InChI=1S/C14H18FNS/c1-14(2,3)17-10-12-6-7-13(15)9-11(12)5-4-8-16/h6-7,9H,8,10,16H2,1-3H3. The Balaban J connectivity index is 2.90. The highest BCUT2D eigenvalue weighted by Gasteiger charge is 2.12. The molecule has 1 nitrogen and oxygen atoms in total. The monoisotopic (exact) mass is 251 g/mol. The van der Waals surface area contributed by atoms with Crippen molar-refractivity contribution in [3.63, 3.8) is 0 Å². The van der Waals surface area contributed by atoms with Crippen molar-refractivity contribution in [2.24, 2.45) is 5.73 Å². The summed E-state index contributed by atoms with van der Waals surface area (Å²) < 4.78 is 13.3. The van der Waals surface area contributed by atoms with Gasteiger partial charge in [-0.3, -0.25) is 0 Å². The zero-order valence-corrected chi connectivity index (χ0v) is 11.3. The summed E-state index contributed by atoms with van der Waals surface area (Å²) in [5.41, 5.74) is 7.14. The fraction of sp³-hybridized carbons (Fsp3) is 0.429. The molecule has 0 radical (unpaired) electrons. The Labute approximate surface area is 107 Å². The van der Waals surface area contributed by atoms with Crippen LogP contribution < -0.4 is 5.73 Å². The average molecular weight is 251 g/mol. The van der Waals surface area contributed by atoms with Crippen LogP contribution in [0.3, 0.4) is 0 Å². The molecule has 3 heteroatoms. The van der Waals surface area contributed by atoms with E-state index in [1.807, 2.05) is 11.8 Å². The second-order valence-corrected chi connectivity index (χ2v) is 6.51. The van der Waals surface area contributed by atoms with Crippen LogP contribution in [0.1, 0.15) is 31.9 Å². The molecule has 0 heterocycles. The number of hydrogen-bond donors (Lipinski definition) is 1. The van der Waals surface area contributed by atoms with Gasteiger partial charge in [0.05, 0.1) is 6.54 Å². The van der Waals surface area contributed by atoms with Crippen LogP contribution in [0.15, 0.2) is 18.2 Å². The number of hydrogen-bond acceptors (Lipinski definition) is 2. The third-order valence-corrected chi connectivity index (χ3v) is 3.38. The predicted octanol–water partition coefficient (Wildman–Crippen LogP) is 3.17. The van der Waals surface area contributed by atoms with Gasteiger partial charge in [-0.25, -0.2) is 4.39 Å². The minimum Gasteiger partial charge on any atom is -0.320 e. The molecule has 0 spiro atoms. The summed E-state index contributed by atoms with van der Waals surface area (Å²) >= 11 is 1.82. The van der Waals surface area contributed by atoms with Gasteiger partial charge in [0.15, 0.2) is 0 Å². The maximum atomic E-state index is 13.1. The number of thioether (sulfide) groups is 1. The first-order valence-corrected chi connectivity index (χ1v) is 6.52. The highest BCUT2D eigenvalue weighted by atomic mass is 32.2. The van der Waals surface area contributed by atoms with Crippen LogP contribution in [0, 0.1) is 17.7 Å². The van der Waals surface area contributed by atoms with Crippen LogP contribution in [0.5, 0.6) is 0 Å². The molecule has 0 aliphatic rings. The molecule has 92 valence electrons. The molecule has 0 aliphatic carbocycles. The van der Waals surface area contributed by atoms with E-state index in [0.29, 0.717) is 6.54 Å². The molecule has 0 unspecified atom stereocenters. The summed E-state index contributed by atoms with van der Waals surface area (Å²) in [6, 6.07) is 4.75. The molecule has 1 aromatic rings. The average Bonchev–Trinajstić information content (AvgIpc) is 2.23. The number of halogens is 1. The predicted molar refractivity (Wildman–Crippen MR) is 73.4 cm³/mol. The SMILES string of the molecule is CC(C)(C)SCc1ccc(F)cc1C#CCN. The molecular formula is C14H18FNS. The van der Waals surface area contributed by atoms with E-state index in [9.17, 15) is 4.39 Å². The minimum absolute atomic E-state index is 0.187. The van der Waals surface area contributed by atoms with Crippen molar-refractivity contribution < 1.29 is 4.39 Å². The molecular weight excluding hydrogens is 233 g/mol. The van der Waals surface area contributed by atoms with Crippen molar-refractivity contribution in [2.75, 3.05) is 6.54 Å². The summed E-state index contributed by atoms with van der Waals surface area (Å²) in [6.07, 6.45) is 0. The lowest BCUT2D eigenvalue weighted by Gasteiger charge is -2.18. The van der Waals surface area contributed by atoms with Gasteiger partial charge in [0.2, 0.25) is 0 Å². The van der Waals surface area contributed by atoms with E-state index < -0.39 is 0 Å². The lowest BCUT2D eigenvalue weighted by atomic mass is 10.1. The zero-order chi connectivity index (χ0) is 12.9. The summed E-state index contributed by atoms with van der Waals surface area (Å²) in [4.78, 5) is 0. The second-order valence-electron chi connectivity index (χ2n) is 4.71. The Morgan fingerprint density at radius 2 is 2.06 bits per heavy atom. The molecule has 0 saturated heterocycles. The van der Waals surface area contributed by atoms with E-state index in [-0.39, 0.29) is 10.6 Å². The van der Waals surface area contributed by atoms with Gasteiger partial charge in [0.1, 0.15) is 5.82 Å². The maximum absolute atomic E-state index is 13.1. The van der Waals surface area contributed by atoms with Crippen LogP contribution in [-0.4, -0.2) is 11.3 Å². The third-order valence-electron chi connectivity index (χ3n) is 2.06. The normalized spacial score (nSPS) is 10.9. The number of benzene rings is 1. The Bertz CT molecular complexity index is 438. The van der Waals surface area contributed by atoms with Crippen molar-refractivity contribution in [1.29, 1.82) is 0 Å². The molecule has 1 aromatic carbocycles. The molecule has 17 heavy (non-hydrogen) atoms. The van der Waals surface area contributed by atoms with Gasteiger partial charge in [-0.2, -0.15) is 11.8 Å². The number of nitrogens with two attached hydrogens (primary N) is 1. The zero-order valence-electron chi connectivity index (χ0n) is 10.5. The fourth-order valence-corrected chi connectivity index (χ4v) is 2.07. The smallest absolute Gasteiger partial charge is 0.124 e. The fourth-order valence-electron chi connectivity index (χ4n) is 1.23. The summed E-state index contributed by atoms with van der Waals surface area (Å²) in [6.45, 7) is 6.77. The van der Waals surface area contributed by atoms with Crippen molar-refractivity contribution in [2.45, 2.75) is 31.3 Å². The Hall–Kier alpha value is -0.980. The van der Waals surface area contributed by atoms with Crippen LogP contribution >= 0.6 is 11.8 Å². The first-order chi connectivity index (χ1) is 7.92. The summed E-state index contributed by atoms with van der Waals surface area (Å²) in [5.74, 6) is 6.27.